The number of benzene rings is 2. The summed E-state index contributed by atoms with van der Waals surface area (Å²) < 4.78 is 7.04. The second kappa shape index (κ2) is 9.90. The van der Waals surface area contributed by atoms with Crippen LogP contribution in [0.2, 0.25) is 0 Å². The molecule has 2 heterocycles. The Morgan fingerprint density at radius 1 is 1.03 bits per heavy atom. The first-order chi connectivity index (χ1) is 16.0. The highest BCUT2D eigenvalue weighted by Gasteiger charge is 2.28. The third kappa shape index (κ3) is 4.92. The van der Waals surface area contributed by atoms with Gasteiger partial charge in [0.1, 0.15) is 18.8 Å². The van der Waals surface area contributed by atoms with Crippen LogP contribution in [0.3, 0.4) is 0 Å². The van der Waals surface area contributed by atoms with E-state index in [4.69, 9.17) is 9.84 Å². The maximum absolute atomic E-state index is 13.0. The molecule has 0 atom stereocenters. The van der Waals surface area contributed by atoms with E-state index < -0.39 is 0 Å². The van der Waals surface area contributed by atoms with Crippen LogP contribution in [0.15, 0.2) is 54.6 Å². The van der Waals surface area contributed by atoms with E-state index >= 15 is 0 Å². The Morgan fingerprint density at radius 2 is 1.85 bits per heavy atom. The predicted molar refractivity (Wildman–Crippen MR) is 128 cm³/mol. The third-order valence-corrected chi connectivity index (χ3v) is 6.08. The van der Waals surface area contributed by atoms with Crippen LogP contribution in [0, 0.1) is 0 Å². The lowest BCUT2D eigenvalue weighted by molar-refractivity contribution is -0.137. The first kappa shape index (κ1) is 22.6. The van der Waals surface area contributed by atoms with Crippen molar-refractivity contribution in [3.05, 3.63) is 65.9 Å². The van der Waals surface area contributed by atoms with Gasteiger partial charge in [0.25, 0.3) is 0 Å². The summed E-state index contributed by atoms with van der Waals surface area (Å²) in [6, 6.07) is 17.8. The highest BCUT2D eigenvalue weighted by Crippen LogP contribution is 2.24. The van der Waals surface area contributed by atoms with Crippen LogP contribution in [0.4, 0.5) is 5.69 Å². The number of carbonyl (C=O) groups excluding carboxylic acids is 2. The van der Waals surface area contributed by atoms with Crippen molar-refractivity contribution in [3.8, 4) is 17.0 Å². The molecular weight excluding hydrogens is 416 g/mol. The van der Waals surface area contributed by atoms with E-state index in [2.05, 4.69) is 26.0 Å². The number of nitrogens with zero attached hydrogens (tertiary/aromatic N) is 4. The van der Waals surface area contributed by atoms with Crippen LogP contribution >= 0.6 is 0 Å². The van der Waals surface area contributed by atoms with Crippen molar-refractivity contribution >= 4 is 17.5 Å². The molecule has 0 saturated carbocycles. The Hall–Kier alpha value is -3.61. The maximum Gasteiger partial charge on any atom is 0.246 e. The van der Waals surface area contributed by atoms with E-state index in [0.29, 0.717) is 18.8 Å². The van der Waals surface area contributed by atoms with Crippen molar-refractivity contribution in [1.82, 2.24) is 14.7 Å². The molecule has 2 amide bonds. The number of methoxy groups -OCH3 is 1. The number of amides is 2. The van der Waals surface area contributed by atoms with Crippen molar-refractivity contribution in [2.24, 2.45) is 0 Å². The lowest BCUT2D eigenvalue weighted by atomic mass is 10.1. The van der Waals surface area contributed by atoms with Gasteiger partial charge in [-0.05, 0) is 42.7 Å². The van der Waals surface area contributed by atoms with Crippen molar-refractivity contribution < 1.29 is 14.3 Å². The molecule has 1 aliphatic rings. The van der Waals surface area contributed by atoms with Crippen LogP contribution in [0.5, 0.6) is 5.75 Å². The highest BCUT2D eigenvalue weighted by atomic mass is 16.5. The number of aryl methyl sites for hydroxylation is 2. The van der Waals surface area contributed by atoms with Crippen LogP contribution in [-0.4, -0.2) is 53.2 Å². The minimum atomic E-state index is -0.101. The van der Waals surface area contributed by atoms with Gasteiger partial charge < -0.3 is 14.5 Å². The van der Waals surface area contributed by atoms with Crippen LogP contribution in [-0.2, 0) is 29.0 Å². The van der Waals surface area contributed by atoms with Gasteiger partial charge in [0.2, 0.25) is 11.8 Å². The molecular formula is C26H30N4O3. The molecule has 1 saturated heterocycles. The van der Waals surface area contributed by atoms with Crippen LogP contribution in [0.1, 0.15) is 25.1 Å². The fourth-order valence-electron chi connectivity index (χ4n) is 4.13. The van der Waals surface area contributed by atoms with Crippen molar-refractivity contribution in [1.29, 1.82) is 0 Å². The molecule has 3 aromatic rings. The van der Waals surface area contributed by atoms with Crippen LogP contribution in [0.25, 0.3) is 11.3 Å². The molecule has 1 fully saturated rings. The number of aromatic nitrogens is 2. The molecule has 0 bridgehead atoms. The first-order valence-electron chi connectivity index (χ1n) is 11.4. The number of carbonyl (C=O) groups is 2. The molecule has 7 heteroatoms. The zero-order valence-corrected chi connectivity index (χ0v) is 19.5. The minimum absolute atomic E-state index is 0.0597. The van der Waals surface area contributed by atoms with Gasteiger partial charge in [-0.15, -0.1) is 0 Å². The van der Waals surface area contributed by atoms with Gasteiger partial charge in [-0.3, -0.25) is 14.3 Å². The molecule has 7 nitrogen and oxygen atoms in total. The molecule has 0 radical (unpaired) electrons. The average Bonchev–Trinajstić information content (AvgIpc) is 3.26. The van der Waals surface area contributed by atoms with E-state index in [1.165, 1.54) is 5.56 Å². The standard InChI is InChI=1S/C26H30N4O3/c1-4-19-8-6-9-20(14-19)24-16-21(5-2)30(27-24)18-25(31)28-12-13-29(26(32)17-28)22-10-7-11-23(15-22)33-3/h6-11,14-16H,4-5,12-13,17-18H2,1-3H3. The van der Waals surface area contributed by atoms with E-state index in [1.54, 1.807) is 21.6 Å². The highest BCUT2D eigenvalue weighted by molar-refractivity contribution is 5.98. The molecule has 0 N–H and O–H groups in total. The zero-order chi connectivity index (χ0) is 23.4. The normalized spacial score (nSPS) is 14.0. The Morgan fingerprint density at radius 3 is 2.58 bits per heavy atom. The lowest BCUT2D eigenvalue weighted by Crippen LogP contribution is -2.53. The second-order valence-corrected chi connectivity index (χ2v) is 8.15. The minimum Gasteiger partial charge on any atom is -0.497 e. The Balaban J connectivity index is 1.45. The lowest BCUT2D eigenvalue weighted by Gasteiger charge is -2.34. The SMILES string of the molecule is CCc1cccc(-c2cc(CC)n(CC(=O)N3CCN(c4cccc(OC)c4)C(=O)C3)n2)c1. The maximum atomic E-state index is 13.0. The molecule has 33 heavy (non-hydrogen) atoms. The average molecular weight is 447 g/mol. The molecule has 4 rings (SSSR count). The second-order valence-electron chi connectivity index (χ2n) is 8.15. The molecule has 1 aromatic heterocycles. The van der Waals surface area contributed by atoms with Crippen molar-refractivity contribution in [2.75, 3.05) is 31.6 Å². The fraction of sp³-hybridized carbons (Fsp3) is 0.346. The Bertz CT molecular complexity index is 1150. The first-order valence-corrected chi connectivity index (χ1v) is 11.4. The van der Waals surface area contributed by atoms with E-state index in [-0.39, 0.29) is 24.9 Å². The van der Waals surface area contributed by atoms with Gasteiger partial charge >= 0.3 is 0 Å². The number of piperazine rings is 1. The monoisotopic (exact) mass is 446 g/mol. The summed E-state index contributed by atoms with van der Waals surface area (Å²) in [5.41, 5.74) is 4.96. The van der Waals surface area contributed by atoms with Crippen LogP contribution < -0.4 is 9.64 Å². The topological polar surface area (TPSA) is 67.7 Å². The Kier molecular flexibility index (Phi) is 6.77. The van der Waals surface area contributed by atoms with Gasteiger partial charge in [-0.1, -0.05) is 38.1 Å². The summed E-state index contributed by atoms with van der Waals surface area (Å²) in [6.45, 7) is 5.31. The van der Waals surface area contributed by atoms with E-state index in [0.717, 1.165) is 35.5 Å². The van der Waals surface area contributed by atoms with Gasteiger partial charge in [0.15, 0.2) is 0 Å². The van der Waals surface area contributed by atoms with Gasteiger partial charge in [-0.2, -0.15) is 5.10 Å². The number of hydrogen-bond donors (Lipinski definition) is 0. The fourth-order valence-corrected chi connectivity index (χ4v) is 4.13. The summed E-state index contributed by atoms with van der Waals surface area (Å²) in [5.74, 6) is 0.501. The predicted octanol–water partition coefficient (Wildman–Crippen LogP) is 3.56. The van der Waals surface area contributed by atoms with E-state index in [1.807, 2.05) is 42.5 Å². The van der Waals surface area contributed by atoms with Gasteiger partial charge in [0.05, 0.1) is 12.8 Å². The summed E-state index contributed by atoms with van der Waals surface area (Å²) >= 11 is 0. The van der Waals surface area contributed by atoms with Crippen molar-refractivity contribution in [3.63, 3.8) is 0 Å². The molecule has 0 spiro atoms. The summed E-state index contributed by atoms with van der Waals surface area (Å²) in [5, 5.41) is 4.72. The largest absolute Gasteiger partial charge is 0.497 e. The smallest absolute Gasteiger partial charge is 0.246 e. The Labute approximate surface area is 194 Å². The summed E-state index contributed by atoms with van der Waals surface area (Å²) in [7, 11) is 1.60. The number of hydrogen-bond acceptors (Lipinski definition) is 4. The molecule has 0 unspecified atom stereocenters. The van der Waals surface area contributed by atoms with E-state index in [9.17, 15) is 9.59 Å². The quantitative estimate of drug-likeness (QED) is 0.557. The molecule has 1 aliphatic heterocycles. The number of anilines is 1. The number of ether oxygens (including phenoxy) is 1. The van der Waals surface area contributed by atoms with Gasteiger partial charge in [-0.25, -0.2) is 0 Å². The molecule has 2 aromatic carbocycles. The molecule has 0 aliphatic carbocycles. The molecule has 172 valence electrons. The van der Waals surface area contributed by atoms with Gasteiger partial charge in [0, 0.05) is 36.1 Å². The number of rotatable bonds is 7. The van der Waals surface area contributed by atoms with Crippen molar-refractivity contribution in [2.45, 2.75) is 33.2 Å². The summed E-state index contributed by atoms with van der Waals surface area (Å²) in [6.07, 6.45) is 1.74. The third-order valence-electron chi connectivity index (χ3n) is 6.08. The summed E-state index contributed by atoms with van der Waals surface area (Å²) in [4.78, 5) is 29.2. The zero-order valence-electron chi connectivity index (χ0n) is 19.5.